The molecular weight excluding hydrogens is 338 g/mol. The molecule has 0 saturated carbocycles. The van der Waals surface area contributed by atoms with Crippen molar-refractivity contribution in [2.24, 2.45) is 0 Å². The Kier molecular flexibility index (Phi) is 4.50. The van der Waals surface area contributed by atoms with E-state index in [9.17, 15) is 4.79 Å². The Bertz CT molecular complexity index is 608. The third-order valence-corrected chi connectivity index (χ3v) is 5.01. The first-order valence-electron chi connectivity index (χ1n) is 6.21. The SMILES string of the molecule is CC(C)(CNc1ccc(C(=O)O)c(Br)c1)c1cccs1. The van der Waals surface area contributed by atoms with Gasteiger partial charge in [-0.2, -0.15) is 0 Å². The molecule has 0 aliphatic rings. The second-order valence-electron chi connectivity index (χ2n) is 5.21. The number of carboxylic acid groups (broad SMARTS) is 1. The number of carboxylic acids is 1. The number of anilines is 1. The molecule has 5 heteroatoms. The molecule has 0 unspecified atom stereocenters. The van der Waals surface area contributed by atoms with E-state index in [-0.39, 0.29) is 11.0 Å². The van der Waals surface area contributed by atoms with Crippen LogP contribution in [0.25, 0.3) is 0 Å². The summed E-state index contributed by atoms with van der Waals surface area (Å²) in [5.41, 5.74) is 1.21. The Hall–Kier alpha value is -1.33. The van der Waals surface area contributed by atoms with Crippen molar-refractivity contribution < 1.29 is 9.90 Å². The summed E-state index contributed by atoms with van der Waals surface area (Å²) >= 11 is 5.04. The predicted octanol–water partition coefficient (Wildman–Crippen LogP) is 4.60. The van der Waals surface area contributed by atoms with Crippen molar-refractivity contribution in [1.82, 2.24) is 0 Å². The van der Waals surface area contributed by atoms with Crippen molar-refractivity contribution in [2.45, 2.75) is 19.3 Å². The molecule has 106 valence electrons. The molecule has 1 heterocycles. The van der Waals surface area contributed by atoms with Crippen molar-refractivity contribution >= 4 is 38.9 Å². The van der Waals surface area contributed by atoms with E-state index in [2.05, 4.69) is 52.6 Å². The van der Waals surface area contributed by atoms with Crippen LogP contribution in [0.3, 0.4) is 0 Å². The summed E-state index contributed by atoms with van der Waals surface area (Å²) in [5.74, 6) is -0.928. The van der Waals surface area contributed by atoms with Crippen LogP contribution in [0.1, 0.15) is 29.1 Å². The van der Waals surface area contributed by atoms with Crippen LogP contribution in [-0.2, 0) is 5.41 Å². The van der Waals surface area contributed by atoms with E-state index >= 15 is 0 Å². The smallest absolute Gasteiger partial charge is 0.336 e. The monoisotopic (exact) mass is 353 g/mol. The summed E-state index contributed by atoms with van der Waals surface area (Å²) in [4.78, 5) is 12.3. The Balaban J connectivity index is 2.08. The highest BCUT2D eigenvalue weighted by Gasteiger charge is 2.21. The van der Waals surface area contributed by atoms with Gasteiger partial charge in [0.1, 0.15) is 0 Å². The number of benzene rings is 1. The highest BCUT2D eigenvalue weighted by molar-refractivity contribution is 9.10. The standard InChI is InChI=1S/C15H16BrNO2S/c1-15(2,13-4-3-7-20-13)9-17-10-5-6-11(14(18)19)12(16)8-10/h3-8,17H,9H2,1-2H3,(H,18,19). The fourth-order valence-electron chi connectivity index (χ4n) is 1.87. The van der Waals surface area contributed by atoms with E-state index in [4.69, 9.17) is 5.11 Å². The third kappa shape index (κ3) is 3.41. The summed E-state index contributed by atoms with van der Waals surface area (Å²) in [6, 6.07) is 9.38. The van der Waals surface area contributed by atoms with Crippen LogP contribution in [0.5, 0.6) is 0 Å². The summed E-state index contributed by atoms with van der Waals surface area (Å²) in [7, 11) is 0. The third-order valence-electron chi connectivity index (χ3n) is 3.12. The summed E-state index contributed by atoms with van der Waals surface area (Å²) in [5, 5.41) is 14.4. The minimum absolute atomic E-state index is 0.0338. The van der Waals surface area contributed by atoms with E-state index in [0.29, 0.717) is 4.47 Å². The molecule has 1 aromatic heterocycles. The van der Waals surface area contributed by atoms with Gasteiger partial charge in [0.2, 0.25) is 0 Å². The summed E-state index contributed by atoms with van der Waals surface area (Å²) < 4.78 is 0.587. The highest BCUT2D eigenvalue weighted by atomic mass is 79.9. The van der Waals surface area contributed by atoms with Crippen LogP contribution in [0, 0.1) is 0 Å². The van der Waals surface area contributed by atoms with Crippen molar-refractivity contribution in [3.8, 4) is 0 Å². The lowest BCUT2D eigenvalue weighted by Crippen LogP contribution is -2.26. The first kappa shape index (κ1) is 15.1. The second kappa shape index (κ2) is 5.97. The van der Waals surface area contributed by atoms with Crippen LogP contribution in [0.15, 0.2) is 40.2 Å². The molecule has 2 rings (SSSR count). The molecule has 3 nitrogen and oxygen atoms in total. The summed E-state index contributed by atoms with van der Waals surface area (Å²) in [6.45, 7) is 5.16. The Morgan fingerprint density at radius 2 is 2.15 bits per heavy atom. The topological polar surface area (TPSA) is 49.3 Å². The van der Waals surface area contributed by atoms with E-state index in [1.807, 2.05) is 0 Å². The first-order chi connectivity index (χ1) is 9.40. The normalized spacial score (nSPS) is 11.3. The first-order valence-corrected chi connectivity index (χ1v) is 7.88. The average Bonchev–Trinajstić information content (AvgIpc) is 2.90. The fourth-order valence-corrected chi connectivity index (χ4v) is 3.27. The van der Waals surface area contributed by atoms with Gasteiger partial charge >= 0.3 is 5.97 Å². The van der Waals surface area contributed by atoms with Crippen LogP contribution >= 0.6 is 27.3 Å². The molecule has 0 radical (unpaired) electrons. The maximum atomic E-state index is 11.0. The molecule has 0 aliphatic heterocycles. The van der Waals surface area contributed by atoms with Crippen LogP contribution in [-0.4, -0.2) is 17.6 Å². The lowest BCUT2D eigenvalue weighted by molar-refractivity contribution is 0.0696. The molecule has 0 amide bonds. The predicted molar refractivity (Wildman–Crippen MR) is 86.9 cm³/mol. The fraction of sp³-hybridized carbons (Fsp3) is 0.267. The van der Waals surface area contributed by atoms with Gasteiger partial charge < -0.3 is 10.4 Å². The average molecular weight is 354 g/mol. The van der Waals surface area contributed by atoms with E-state index in [1.165, 1.54) is 4.88 Å². The minimum atomic E-state index is -0.928. The van der Waals surface area contributed by atoms with E-state index in [1.54, 1.807) is 29.5 Å². The largest absolute Gasteiger partial charge is 0.478 e. The van der Waals surface area contributed by atoms with Crippen LogP contribution < -0.4 is 5.32 Å². The van der Waals surface area contributed by atoms with Gasteiger partial charge in [0.05, 0.1) is 5.56 Å². The maximum absolute atomic E-state index is 11.0. The lowest BCUT2D eigenvalue weighted by Gasteiger charge is -2.24. The Morgan fingerprint density at radius 1 is 1.40 bits per heavy atom. The van der Waals surface area contributed by atoms with Gasteiger partial charge in [0.25, 0.3) is 0 Å². The van der Waals surface area contributed by atoms with Crippen molar-refractivity contribution in [3.05, 3.63) is 50.6 Å². The molecule has 0 saturated heterocycles. The molecule has 0 aliphatic carbocycles. The molecule has 0 atom stereocenters. The molecule has 0 fully saturated rings. The molecule has 2 aromatic rings. The number of nitrogens with one attached hydrogen (secondary N) is 1. The lowest BCUT2D eigenvalue weighted by atomic mass is 9.91. The number of hydrogen-bond acceptors (Lipinski definition) is 3. The van der Waals surface area contributed by atoms with Gasteiger partial charge in [-0.05, 0) is 45.6 Å². The van der Waals surface area contributed by atoms with Gasteiger partial charge in [-0.25, -0.2) is 4.79 Å². The zero-order valence-corrected chi connectivity index (χ0v) is 13.7. The number of hydrogen-bond donors (Lipinski definition) is 2. The van der Waals surface area contributed by atoms with Gasteiger partial charge in [-0.1, -0.05) is 19.9 Å². The maximum Gasteiger partial charge on any atom is 0.336 e. The van der Waals surface area contributed by atoms with Gasteiger partial charge in [-0.3, -0.25) is 0 Å². The number of thiophene rings is 1. The van der Waals surface area contributed by atoms with Crippen molar-refractivity contribution in [2.75, 3.05) is 11.9 Å². The van der Waals surface area contributed by atoms with Gasteiger partial charge in [-0.15, -0.1) is 11.3 Å². The quantitative estimate of drug-likeness (QED) is 0.825. The molecule has 1 aromatic carbocycles. The number of carbonyl (C=O) groups is 1. The van der Waals surface area contributed by atoms with E-state index < -0.39 is 5.97 Å². The highest BCUT2D eigenvalue weighted by Crippen LogP contribution is 2.28. The molecule has 2 N–H and O–H groups in total. The number of halogens is 1. The van der Waals surface area contributed by atoms with Crippen LogP contribution in [0.4, 0.5) is 5.69 Å². The van der Waals surface area contributed by atoms with Crippen LogP contribution in [0.2, 0.25) is 0 Å². The van der Waals surface area contributed by atoms with Crippen molar-refractivity contribution in [1.29, 1.82) is 0 Å². The second-order valence-corrected chi connectivity index (χ2v) is 7.02. The molecule has 0 spiro atoms. The van der Waals surface area contributed by atoms with E-state index in [0.717, 1.165) is 12.2 Å². The van der Waals surface area contributed by atoms with Gasteiger partial charge in [0, 0.05) is 27.0 Å². The number of rotatable bonds is 5. The Labute approximate surface area is 130 Å². The molecule has 20 heavy (non-hydrogen) atoms. The molecular formula is C15H16BrNO2S. The van der Waals surface area contributed by atoms with Gasteiger partial charge in [0.15, 0.2) is 0 Å². The number of aromatic carboxylic acids is 1. The molecule has 0 bridgehead atoms. The zero-order chi connectivity index (χ0) is 14.8. The van der Waals surface area contributed by atoms with Crippen molar-refractivity contribution in [3.63, 3.8) is 0 Å². The minimum Gasteiger partial charge on any atom is -0.478 e. The zero-order valence-electron chi connectivity index (χ0n) is 11.3. The summed E-state index contributed by atoms with van der Waals surface area (Å²) in [6.07, 6.45) is 0. The Morgan fingerprint density at radius 3 is 2.70 bits per heavy atom.